The van der Waals surface area contributed by atoms with Gasteiger partial charge in [0.15, 0.2) is 11.5 Å². The molecular formula is C49H65N11O6. The fraction of sp³-hybridized carbons (Fsp3) is 0.551. The molecule has 17 nitrogen and oxygen atoms in total. The molecule has 66 heavy (non-hydrogen) atoms. The highest BCUT2D eigenvalue weighted by Gasteiger charge is 2.44. The van der Waals surface area contributed by atoms with Gasteiger partial charge in [-0.1, -0.05) is 38.0 Å². The van der Waals surface area contributed by atoms with Crippen LogP contribution in [0.3, 0.4) is 0 Å². The Morgan fingerprint density at radius 2 is 1.65 bits per heavy atom. The number of rotatable bonds is 16. The van der Waals surface area contributed by atoms with Crippen molar-refractivity contribution in [3.63, 3.8) is 0 Å². The molecule has 2 aromatic carbocycles. The van der Waals surface area contributed by atoms with Gasteiger partial charge in [0, 0.05) is 86.7 Å². The smallest absolute Gasteiger partial charge is 0.271 e. The Bertz CT molecular complexity index is 2280. The number of fused-ring (bicyclic) bond motifs is 1. The lowest BCUT2D eigenvalue weighted by Gasteiger charge is -2.52. The minimum Gasteiger partial charge on any atom is -0.368 e. The third-order valence-corrected chi connectivity index (χ3v) is 15.1. The number of likely N-dealkylation sites (tertiary alicyclic amines) is 1. The maximum absolute atomic E-state index is 13.5. The number of amides is 5. The molecular weight excluding hydrogens is 839 g/mol. The fourth-order valence-corrected chi connectivity index (χ4v) is 11.2. The van der Waals surface area contributed by atoms with Crippen LogP contribution in [0.15, 0.2) is 48.7 Å². The minimum atomic E-state index is -0.662. The molecule has 8 rings (SSSR count). The molecule has 5 amide bonds. The summed E-state index contributed by atoms with van der Waals surface area (Å²) in [7, 11) is 3.63. The number of nitrogens with two attached hydrogens (primary N) is 1. The van der Waals surface area contributed by atoms with Gasteiger partial charge in [0.2, 0.25) is 18.2 Å². The van der Waals surface area contributed by atoms with Crippen molar-refractivity contribution < 1.29 is 28.8 Å². The number of nitrogens with zero attached hydrogens (tertiary/aromatic N) is 7. The van der Waals surface area contributed by atoms with E-state index in [4.69, 9.17) is 10.7 Å². The lowest BCUT2D eigenvalue weighted by Crippen LogP contribution is -2.66. The molecule has 4 unspecified atom stereocenters. The highest BCUT2D eigenvalue weighted by molar-refractivity contribution is 6.02. The van der Waals surface area contributed by atoms with Gasteiger partial charge >= 0.3 is 0 Å². The van der Waals surface area contributed by atoms with Gasteiger partial charge in [0.05, 0.1) is 12.7 Å². The first-order valence-corrected chi connectivity index (χ1v) is 23.7. The monoisotopic (exact) mass is 904 g/mol. The van der Waals surface area contributed by atoms with Gasteiger partial charge in [-0.15, -0.1) is 0 Å². The zero-order valence-electron chi connectivity index (χ0n) is 38.5. The highest BCUT2D eigenvalue weighted by Crippen LogP contribution is 2.39. The van der Waals surface area contributed by atoms with E-state index in [0.29, 0.717) is 60.8 Å². The van der Waals surface area contributed by atoms with Crippen molar-refractivity contribution >= 4 is 59.3 Å². The summed E-state index contributed by atoms with van der Waals surface area (Å²) in [6.07, 6.45) is 12.0. The van der Waals surface area contributed by atoms with Crippen LogP contribution in [0.2, 0.25) is 0 Å². The zero-order chi connectivity index (χ0) is 46.5. The minimum absolute atomic E-state index is 0.0287. The Morgan fingerprint density at radius 1 is 0.924 bits per heavy atom. The Hall–Kier alpha value is -5.94. The number of primary amides is 1. The summed E-state index contributed by atoms with van der Waals surface area (Å²) >= 11 is 0. The molecule has 3 aromatic rings. The Labute approximate surface area is 387 Å². The van der Waals surface area contributed by atoms with Crippen LogP contribution >= 0.6 is 0 Å². The summed E-state index contributed by atoms with van der Waals surface area (Å²) in [6, 6.07) is 15.0. The first-order chi connectivity index (χ1) is 31.9. The average molecular weight is 904 g/mol. The Kier molecular flexibility index (Phi) is 14.3. The quantitative estimate of drug-likeness (QED) is 0.152. The molecule has 4 saturated heterocycles. The normalized spacial score (nSPS) is 23.0. The van der Waals surface area contributed by atoms with Crippen LogP contribution in [0.4, 0.5) is 23.0 Å². The lowest BCUT2D eigenvalue weighted by molar-refractivity contribution is -0.148. The Balaban J connectivity index is 0.875. The molecule has 5 N–H and O–H groups in total. The molecule has 5 aliphatic rings. The standard InChI is InChI=1S/C49H65N11O6/c1-49(18-21-57(22-19-49)38-28-59(29-38)36-17-12-32(39(25-36)48(66)53-31-62)24-33(8-7-23-61)47(65)51-2)34-13-15-35(16-14-34)54-46-44(45(50)64)52-26-42(55-46)58-20-6-9-37(27-58)60-41-11-5-4-10-40(41)56(3)30-43(60)63/h12-17,23,25-26,31,33,37-38,40-41H,4-11,18-22,24,27-30H2,1-3H3,(H2,50,64)(H,51,65)(H,54,55)(H,53,62,66). The van der Waals surface area contributed by atoms with E-state index in [9.17, 15) is 28.8 Å². The van der Waals surface area contributed by atoms with Gasteiger partial charge in [-0.3, -0.25) is 39.1 Å². The second-order valence-electron chi connectivity index (χ2n) is 19.2. The molecule has 0 spiro atoms. The van der Waals surface area contributed by atoms with Crippen molar-refractivity contribution in [1.82, 2.24) is 35.3 Å². The van der Waals surface area contributed by atoms with Crippen LogP contribution in [0.5, 0.6) is 0 Å². The topological polar surface area (TPSA) is 207 Å². The van der Waals surface area contributed by atoms with Crippen LogP contribution in [0.25, 0.3) is 0 Å². The van der Waals surface area contributed by atoms with Crippen LogP contribution in [0, 0.1) is 5.92 Å². The number of hydrogen-bond acceptors (Lipinski definition) is 13. The summed E-state index contributed by atoms with van der Waals surface area (Å²) < 4.78 is 0. The zero-order valence-corrected chi connectivity index (χ0v) is 38.5. The van der Waals surface area contributed by atoms with E-state index < -0.39 is 17.7 Å². The van der Waals surface area contributed by atoms with Crippen molar-refractivity contribution in [2.45, 2.75) is 107 Å². The third-order valence-electron chi connectivity index (χ3n) is 15.1. The first-order valence-electron chi connectivity index (χ1n) is 23.7. The predicted octanol–water partition coefficient (Wildman–Crippen LogP) is 3.39. The Morgan fingerprint density at radius 3 is 2.35 bits per heavy atom. The van der Waals surface area contributed by atoms with Crippen LogP contribution in [0.1, 0.15) is 103 Å². The largest absolute Gasteiger partial charge is 0.368 e. The van der Waals surface area contributed by atoms with Gasteiger partial charge in [0.1, 0.15) is 12.1 Å². The van der Waals surface area contributed by atoms with Crippen LogP contribution in [-0.4, -0.2) is 145 Å². The van der Waals surface area contributed by atoms with Crippen molar-refractivity contribution in [3.8, 4) is 0 Å². The third kappa shape index (κ3) is 9.92. The van der Waals surface area contributed by atoms with E-state index in [1.807, 2.05) is 24.3 Å². The van der Waals surface area contributed by atoms with Gasteiger partial charge in [0.25, 0.3) is 11.8 Å². The molecule has 5 fully saturated rings. The van der Waals surface area contributed by atoms with E-state index in [0.717, 1.165) is 95.3 Å². The number of likely N-dealkylation sites (N-methyl/N-ethyl adjacent to an activating group) is 1. The lowest BCUT2D eigenvalue weighted by atomic mass is 9.74. The molecule has 4 atom stereocenters. The number of hydrogen-bond donors (Lipinski definition) is 4. The van der Waals surface area contributed by atoms with Crippen molar-refractivity contribution in [3.05, 3.63) is 71.0 Å². The van der Waals surface area contributed by atoms with Crippen LogP contribution in [-0.2, 0) is 31.0 Å². The number of imide groups is 1. The second kappa shape index (κ2) is 20.3. The van der Waals surface area contributed by atoms with E-state index in [2.05, 4.69) is 71.5 Å². The van der Waals surface area contributed by atoms with Gasteiger partial charge in [-0.05, 0) is 112 Å². The number of piperidine rings is 2. The molecule has 5 heterocycles. The van der Waals surface area contributed by atoms with Crippen molar-refractivity contribution in [2.75, 3.05) is 75.0 Å². The van der Waals surface area contributed by atoms with Crippen molar-refractivity contribution in [1.29, 1.82) is 0 Å². The number of piperazine rings is 1. The predicted molar refractivity (Wildman–Crippen MR) is 252 cm³/mol. The SMILES string of the molecule is CNC(=O)C(CCC=O)Cc1ccc(N2CC(N3CCC(C)(c4ccc(Nc5nc(N6CCCC(N7C(=O)CN(C)C8CCCCC87)C6)cnc5C(N)=O)cc4)CC3)C2)cc1C(=O)NC=O. The van der Waals surface area contributed by atoms with Gasteiger partial charge in [-0.25, -0.2) is 9.97 Å². The molecule has 1 saturated carbocycles. The number of benzene rings is 2. The van der Waals surface area contributed by atoms with Crippen molar-refractivity contribution in [2.24, 2.45) is 11.7 Å². The molecule has 17 heteroatoms. The first kappa shape index (κ1) is 46.6. The summed E-state index contributed by atoms with van der Waals surface area (Å²) in [5, 5.41) is 8.26. The number of aromatic nitrogens is 2. The molecule has 4 aliphatic heterocycles. The summed E-state index contributed by atoms with van der Waals surface area (Å²) in [6.45, 7) is 7.71. The van der Waals surface area contributed by atoms with Crippen LogP contribution < -0.4 is 31.5 Å². The number of aldehydes is 1. The second-order valence-corrected chi connectivity index (χ2v) is 19.2. The maximum atomic E-state index is 13.5. The van der Waals surface area contributed by atoms with Gasteiger partial charge in [-0.2, -0.15) is 0 Å². The fourth-order valence-electron chi connectivity index (χ4n) is 11.2. The maximum Gasteiger partial charge on any atom is 0.271 e. The summed E-state index contributed by atoms with van der Waals surface area (Å²) in [4.78, 5) is 94.8. The molecule has 1 aliphatic carbocycles. The van der Waals surface area contributed by atoms with E-state index >= 15 is 0 Å². The number of carbonyl (C=O) groups is 6. The summed E-state index contributed by atoms with van der Waals surface area (Å²) in [5.74, 6) is -0.702. The van der Waals surface area contributed by atoms with Gasteiger partial charge < -0.3 is 35.9 Å². The molecule has 0 radical (unpaired) electrons. The molecule has 0 bridgehead atoms. The average Bonchev–Trinajstić information content (AvgIpc) is 3.31. The number of anilines is 4. The van der Waals surface area contributed by atoms with E-state index in [-0.39, 0.29) is 47.8 Å². The number of nitrogens with one attached hydrogen (secondary N) is 3. The molecule has 352 valence electrons. The highest BCUT2D eigenvalue weighted by atomic mass is 16.2. The molecule has 1 aromatic heterocycles. The van der Waals surface area contributed by atoms with E-state index in [1.54, 1.807) is 19.3 Å². The van der Waals surface area contributed by atoms with E-state index in [1.165, 1.54) is 12.0 Å². The summed E-state index contributed by atoms with van der Waals surface area (Å²) in [5.41, 5.74) is 9.73. The number of carbonyl (C=O) groups excluding carboxylic acids is 6.